The summed E-state index contributed by atoms with van der Waals surface area (Å²) in [4.78, 5) is 26.6. The number of hydrogen-bond donors (Lipinski definition) is 4. The van der Waals surface area contributed by atoms with Gasteiger partial charge >= 0.3 is 0 Å². The molecule has 1 saturated carbocycles. The Balaban J connectivity index is 1.58. The van der Waals surface area contributed by atoms with Crippen LogP contribution in [0, 0.1) is 5.92 Å². The van der Waals surface area contributed by atoms with E-state index in [0.29, 0.717) is 29.9 Å². The highest BCUT2D eigenvalue weighted by Crippen LogP contribution is 2.37. The summed E-state index contributed by atoms with van der Waals surface area (Å²) in [5.74, 6) is -0.352. The van der Waals surface area contributed by atoms with Gasteiger partial charge in [-0.05, 0) is 31.2 Å². The number of rotatable bonds is 8. The molecule has 0 aliphatic heterocycles. The van der Waals surface area contributed by atoms with Gasteiger partial charge in [-0.2, -0.15) is 0 Å². The van der Waals surface area contributed by atoms with Gasteiger partial charge in [0.05, 0.1) is 29.4 Å². The Hall–Kier alpha value is -2.27. The van der Waals surface area contributed by atoms with Gasteiger partial charge in [0.25, 0.3) is 0 Å². The third-order valence-electron chi connectivity index (χ3n) is 6.01. The van der Waals surface area contributed by atoms with Gasteiger partial charge in [0.15, 0.2) is 11.5 Å². The minimum absolute atomic E-state index is 0.107. The number of imidazole rings is 1. The summed E-state index contributed by atoms with van der Waals surface area (Å²) in [6.45, 7) is 4.38. The zero-order chi connectivity index (χ0) is 22.8. The van der Waals surface area contributed by atoms with Crippen molar-refractivity contribution in [1.29, 1.82) is 0 Å². The molecule has 3 aromatic rings. The highest BCUT2D eigenvalue weighted by molar-refractivity contribution is 7.10. The molecule has 0 bridgehead atoms. The van der Waals surface area contributed by atoms with Crippen LogP contribution in [0.2, 0.25) is 5.02 Å². The van der Waals surface area contributed by atoms with Crippen molar-refractivity contribution in [2.45, 2.75) is 57.4 Å². The summed E-state index contributed by atoms with van der Waals surface area (Å²) in [6, 6.07) is 1.49. The summed E-state index contributed by atoms with van der Waals surface area (Å²) in [7, 11) is 0. The smallest absolute Gasteiger partial charge is 0.225 e. The molecule has 4 N–H and O–H groups in total. The van der Waals surface area contributed by atoms with Gasteiger partial charge in [0.2, 0.25) is 5.91 Å². The average molecular weight is 479 g/mol. The topological polar surface area (TPSA) is 125 Å². The number of nitrogens with one attached hydrogen (secondary N) is 2. The number of aromatic nitrogens is 4. The lowest BCUT2D eigenvalue weighted by atomic mass is 10.0. The van der Waals surface area contributed by atoms with Gasteiger partial charge in [-0.1, -0.05) is 18.5 Å². The van der Waals surface area contributed by atoms with Gasteiger partial charge in [-0.3, -0.25) is 4.79 Å². The fourth-order valence-corrected chi connectivity index (χ4v) is 5.43. The molecule has 1 aliphatic carbocycles. The van der Waals surface area contributed by atoms with Gasteiger partial charge in [0.1, 0.15) is 17.9 Å². The number of amides is 1. The number of thiophene rings is 1. The van der Waals surface area contributed by atoms with Gasteiger partial charge in [0, 0.05) is 23.9 Å². The van der Waals surface area contributed by atoms with Gasteiger partial charge < -0.3 is 25.4 Å². The Kier molecular flexibility index (Phi) is 6.94. The van der Waals surface area contributed by atoms with E-state index >= 15 is 0 Å². The van der Waals surface area contributed by atoms with Crippen molar-refractivity contribution in [3.05, 3.63) is 34.0 Å². The number of halogens is 1. The van der Waals surface area contributed by atoms with E-state index in [1.165, 1.54) is 6.33 Å². The van der Waals surface area contributed by atoms with Crippen molar-refractivity contribution in [1.82, 2.24) is 24.8 Å². The molecule has 32 heavy (non-hydrogen) atoms. The number of carbonyl (C=O) groups is 1. The van der Waals surface area contributed by atoms with Crippen molar-refractivity contribution >= 4 is 45.8 Å². The number of anilines is 1. The first-order valence-corrected chi connectivity index (χ1v) is 12.0. The minimum atomic E-state index is -1.15. The fourth-order valence-electron chi connectivity index (χ4n) is 4.24. The van der Waals surface area contributed by atoms with Gasteiger partial charge in [-0.25, -0.2) is 15.0 Å². The molecule has 0 aromatic carbocycles. The van der Waals surface area contributed by atoms with E-state index in [2.05, 4.69) is 32.5 Å². The van der Waals surface area contributed by atoms with Crippen LogP contribution in [0.15, 0.2) is 24.1 Å². The molecular formula is C21H27ClN6O3S. The second-order valence-electron chi connectivity index (χ2n) is 7.98. The lowest BCUT2D eigenvalue weighted by molar-refractivity contribution is -0.128. The maximum Gasteiger partial charge on any atom is 0.225 e. The van der Waals surface area contributed by atoms with Crippen LogP contribution in [0.4, 0.5) is 5.82 Å². The summed E-state index contributed by atoms with van der Waals surface area (Å²) < 4.78 is 1.73. The van der Waals surface area contributed by atoms with Crippen LogP contribution in [0.25, 0.3) is 11.2 Å². The third-order valence-corrected chi connectivity index (χ3v) is 7.42. The first-order chi connectivity index (χ1) is 15.4. The summed E-state index contributed by atoms with van der Waals surface area (Å²) in [6.07, 6.45) is 2.71. The maximum atomic E-state index is 12.3. The van der Waals surface area contributed by atoms with E-state index in [9.17, 15) is 15.0 Å². The van der Waals surface area contributed by atoms with Crippen LogP contribution in [0.5, 0.6) is 0 Å². The van der Waals surface area contributed by atoms with Crippen LogP contribution in [0.1, 0.15) is 37.6 Å². The minimum Gasteiger partial charge on any atom is -0.390 e. The Morgan fingerprint density at radius 1 is 1.31 bits per heavy atom. The summed E-state index contributed by atoms with van der Waals surface area (Å²) >= 11 is 7.89. The Bertz CT molecular complexity index is 1090. The first-order valence-electron chi connectivity index (χ1n) is 10.7. The molecule has 5 atom stereocenters. The molecule has 1 aliphatic rings. The van der Waals surface area contributed by atoms with Crippen LogP contribution in [-0.2, 0) is 11.2 Å². The lowest BCUT2D eigenvalue weighted by Gasteiger charge is -2.19. The molecule has 11 heteroatoms. The molecule has 0 unspecified atom stereocenters. The molecule has 1 amide bonds. The Morgan fingerprint density at radius 2 is 2.12 bits per heavy atom. The quantitative estimate of drug-likeness (QED) is 0.391. The molecule has 9 nitrogen and oxygen atoms in total. The van der Waals surface area contributed by atoms with Gasteiger partial charge in [-0.15, -0.1) is 11.3 Å². The van der Waals surface area contributed by atoms with Crippen LogP contribution in [0.3, 0.4) is 0 Å². The molecule has 1 fully saturated rings. The van der Waals surface area contributed by atoms with Crippen molar-refractivity contribution in [2.75, 3.05) is 11.9 Å². The molecule has 0 radical (unpaired) electrons. The standard InChI is InChI=1S/C21H27ClN6O3S/c1-3-11(7-15-13(22)5-6-32-15)27-19-16-20(25-9-24-19)28(10-26-16)14-8-12(17(29)18(14)30)21(31)23-4-2/h5-6,9-12,14,17-18,29-30H,3-4,7-8H2,1-2H3,(H,23,31)(H,24,25,27)/t11-,12+,14-,17-,18+/m1/s1. The predicted octanol–water partition coefficient (Wildman–Crippen LogP) is 2.39. The second kappa shape index (κ2) is 9.70. The number of aliphatic hydroxyl groups excluding tert-OH is 2. The molecule has 3 aromatic heterocycles. The van der Waals surface area contributed by atoms with Crippen LogP contribution in [-0.4, -0.2) is 60.4 Å². The molecule has 3 heterocycles. The Labute approximate surface area is 194 Å². The molecule has 4 rings (SSSR count). The van der Waals surface area contributed by atoms with Crippen LogP contribution >= 0.6 is 22.9 Å². The second-order valence-corrected chi connectivity index (χ2v) is 9.38. The highest BCUT2D eigenvalue weighted by Gasteiger charge is 2.46. The molecular weight excluding hydrogens is 452 g/mol. The SMILES string of the molecule is CCNC(=O)[C@H]1C[C@@H](n2cnc3c(N[C@H](CC)Cc4sccc4Cl)ncnc32)[C@H](O)[C@@H]1O. The number of nitrogens with zero attached hydrogens (tertiary/aromatic N) is 4. The first kappa shape index (κ1) is 22.9. The fraction of sp³-hybridized carbons (Fsp3) is 0.524. The number of aliphatic hydroxyl groups is 2. The zero-order valence-corrected chi connectivity index (χ0v) is 19.5. The van der Waals surface area contributed by atoms with E-state index in [4.69, 9.17) is 11.6 Å². The normalized spacial score (nSPS) is 24.0. The third kappa shape index (κ3) is 4.32. The number of hydrogen-bond acceptors (Lipinski definition) is 8. The Morgan fingerprint density at radius 3 is 2.81 bits per heavy atom. The molecule has 0 saturated heterocycles. The van der Waals surface area contributed by atoms with Crippen molar-refractivity contribution < 1.29 is 15.0 Å². The van der Waals surface area contributed by atoms with E-state index in [-0.39, 0.29) is 11.9 Å². The van der Waals surface area contributed by atoms with Crippen LogP contribution < -0.4 is 10.6 Å². The number of carbonyl (C=O) groups excluding carboxylic acids is 1. The highest BCUT2D eigenvalue weighted by atomic mass is 35.5. The lowest BCUT2D eigenvalue weighted by Crippen LogP contribution is -2.38. The zero-order valence-electron chi connectivity index (χ0n) is 17.9. The van der Waals surface area contributed by atoms with Crippen molar-refractivity contribution in [3.8, 4) is 0 Å². The van der Waals surface area contributed by atoms with E-state index < -0.39 is 24.2 Å². The van der Waals surface area contributed by atoms with E-state index in [1.807, 2.05) is 18.4 Å². The predicted molar refractivity (Wildman–Crippen MR) is 124 cm³/mol. The van der Waals surface area contributed by atoms with E-state index in [1.54, 1.807) is 22.2 Å². The molecule has 172 valence electrons. The monoisotopic (exact) mass is 478 g/mol. The van der Waals surface area contributed by atoms with Crippen molar-refractivity contribution in [3.63, 3.8) is 0 Å². The average Bonchev–Trinajstić information content (AvgIpc) is 3.47. The van der Waals surface area contributed by atoms with E-state index in [0.717, 1.165) is 22.7 Å². The largest absolute Gasteiger partial charge is 0.390 e. The maximum absolute atomic E-state index is 12.3. The number of fused-ring (bicyclic) bond motifs is 1. The molecule has 0 spiro atoms. The summed E-state index contributed by atoms with van der Waals surface area (Å²) in [5.41, 5.74) is 1.12. The summed E-state index contributed by atoms with van der Waals surface area (Å²) in [5, 5.41) is 30.0. The van der Waals surface area contributed by atoms with Crippen molar-refractivity contribution in [2.24, 2.45) is 5.92 Å².